The number of aromatic amines is 1. The van der Waals surface area contributed by atoms with E-state index in [1.807, 2.05) is 43.0 Å². The number of benzene rings is 2. The predicted octanol–water partition coefficient (Wildman–Crippen LogP) is 4.99. The number of nitrogens with zero attached hydrogens (tertiary/aromatic N) is 3. The average molecular weight is 411 g/mol. The summed E-state index contributed by atoms with van der Waals surface area (Å²) in [5, 5.41) is 16.6. The Morgan fingerprint density at radius 3 is 2.39 bits per heavy atom. The third-order valence-electron chi connectivity index (χ3n) is 6.85. The van der Waals surface area contributed by atoms with E-state index in [9.17, 15) is 4.79 Å². The molecule has 2 aromatic carbocycles. The zero-order valence-corrected chi connectivity index (χ0v) is 18.2. The maximum absolute atomic E-state index is 13.4. The molecule has 2 fully saturated rings. The molecule has 31 heavy (non-hydrogen) atoms. The van der Waals surface area contributed by atoms with Crippen molar-refractivity contribution in [2.45, 2.75) is 45.4 Å². The predicted molar refractivity (Wildman–Crippen MR) is 120 cm³/mol. The quantitative estimate of drug-likeness (QED) is 0.658. The second-order valence-corrected chi connectivity index (χ2v) is 8.98. The minimum absolute atomic E-state index is 0.0971. The standard InChI is InChI=1S/C26H26N4O/c1-15-10-23(20-8-9-20)24(25-16(2)17(3)28-29-25)11-22(15)26(31)30-13-21(14-30)19-6-4-18(12-27)5-7-19/h4-7,10-11,20-21H,8-9,13-14H2,1-3H3,(H,28,29). The number of nitrogens with one attached hydrogen (secondary N) is 1. The number of nitriles is 1. The van der Waals surface area contributed by atoms with Crippen LogP contribution in [0.15, 0.2) is 36.4 Å². The highest BCUT2D eigenvalue weighted by atomic mass is 16.2. The van der Waals surface area contributed by atoms with E-state index in [1.54, 1.807) is 0 Å². The molecule has 0 unspecified atom stereocenters. The average Bonchev–Trinajstić information content (AvgIpc) is 3.53. The number of rotatable bonds is 4. The largest absolute Gasteiger partial charge is 0.337 e. The van der Waals surface area contributed by atoms with Crippen LogP contribution in [0.25, 0.3) is 11.3 Å². The second-order valence-electron chi connectivity index (χ2n) is 8.98. The van der Waals surface area contributed by atoms with Crippen LogP contribution in [-0.4, -0.2) is 34.1 Å². The molecule has 1 aliphatic heterocycles. The summed E-state index contributed by atoms with van der Waals surface area (Å²) in [6.07, 6.45) is 2.43. The Bertz CT molecular complexity index is 1210. The topological polar surface area (TPSA) is 72.8 Å². The van der Waals surface area contributed by atoms with Crippen molar-refractivity contribution >= 4 is 5.91 Å². The second kappa shape index (κ2) is 7.39. The fourth-order valence-electron chi connectivity index (χ4n) is 4.52. The van der Waals surface area contributed by atoms with Crippen molar-refractivity contribution < 1.29 is 4.79 Å². The summed E-state index contributed by atoms with van der Waals surface area (Å²) in [6, 6.07) is 14.2. The first-order valence-corrected chi connectivity index (χ1v) is 10.9. The van der Waals surface area contributed by atoms with E-state index >= 15 is 0 Å². The highest BCUT2D eigenvalue weighted by Crippen LogP contribution is 2.46. The molecule has 3 aromatic rings. The third-order valence-corrected chi connectivity index (χ3v) is 6.85. The first-order chi connectivity index (χ1) is 15.0. The van der Waals surface area contributed by atoms with Crippen molar-refractivity contribution in [3.8, 4) is 17.3 Å². The number of hydrogen-bond donors (Lipinski definition) is 1. The molecule has 5 nitrogen and oxygen atoms in total. The van der Waals surface area contributed by atoms with Gasteiger partial charge in [-0.15, -0.1) is 0 Å². The fraction of sp³-hybridized carbons (Fsp3) is 0.346. The van der Waals surface area contributed by atoms with Crippen molar-refractivity contribution in [2.75, 3.05) is 13.1 Å². The number of carbonyl (C=O) groups excluding carboxylic acids is 1. The first kappa shape index (κ1) is 19.6. The van der Waals surface area contributed by atoms with Crippen LogP contribution in [0, 0.1) is 32.1 Å². The molecule has 0 spiro atoms. The molecular formula is C26H26N4O. The molecule has 0 radical (unpaired) electrons. The van der Waals surface area contributed by atoms with Crippen molar-refractivity contribution in [2.24, 2.45) is 0 Å². The first-order valence-electron chi connectivity index (χ1n) is 10.9. The van der Waals surface area contributed by atoms with E-state index in [0.29, 0.717) is 30.5 Å². The smallest absolute Gasteiger partial charge is 0.254 e. The summed E-state index contributed by atoms with van der Waals surface area (Å²) in [7, 11) is 0. The highest BCUT2D eigenvalue weighted by molar-refractivity contribution is 5.98. The van der Waals surface area contributed by atoms with Gasteiger partial charge in [-0.2, -0.15) is 10.4 Å². The van der Waals surface area contributed by atoms with Crippen LogP contribution in [0.2, 0.25) is 0 Å². The molecule has 1 saturated carbocycles. The van der Waals surface area contributed by atoms with Gasteiger partial charge in [-0.25, -0.2) is 0 Å². The zero-order valence-electron chi connectivity index (χ0n) is 18.2. The third kappa shape index (κ3) is 3.42. The van der Waals surface area contributed by atoms with Gasteiger partial charge in [-0.3, -0.25) is 9.89 Å². The summed E-state index contributed by atoms with van der Waals surface area (Å²) in [5.41, 5.74) is 9.32. The summed E-state index contributed by atoms with van der Waals surface area (Å²) >= 11 is 0. The SMILES string of the molecule is Cc1cc(C2CC2)c(-c2[nH]nc(C)c2C)cc1C(=O)N1CC(c2ccc(C#N)cc2)C1. The van der Waals surface area contributed by atoms with Gasteiger partial charge in [-0.1, -0.05) is 18.2 Å². The lowest BCUT2D eigenvalue weighted by molar-refractivity contribution is 0.0601. The summed E-state index contributed by atoms with van der Waals surface area (Å²) in [4.78, 5) is 15.3. The Morgan fingerprint density at radius 1 is 1.10 bits per heavy atom. The van der Waals surface area contributed by atoms with Gasteiger partial charge < -0.3 is 4.90 Å². The summed E-state index contributed by atoms with van der Waals surface area (Å²) in [6.45, 7) is 7.57. The van der Waals surface area contributed by atoms with Gasteiger partial charge in [-0.05, 0) is 80.0 Å². The zero-order chi connectivity index (χ0) is 21.7. The van der Waals surface area contributed by atoms with E-state index in [4.69, 9.17) is 5.26 Å². The van der Waals surface area contributed by atoms with E-state index < -0.39 is 0 Å². The minimum Gasteiger partial charge on any atom is -0.337 e. The normalized spacial score (nSPS) is 16.1. The van der Waals surface area contributed by atoms with Crippen LogP contribution in [0.1, 0.15) is 68.5 Å². The van der Waals surface area contributed by atoms with Crippen LogP contribution < -0.4 is 0 Å². The maximum atomic E-state index is 13.4. The van der Waals surface area contributed by atoms with E-state index in [-0.39, 0.29) is 5.91 Å². The molecule has 2 heterocycles. The number of likely N-dealkylation sites (tertiary alicyclic amines) is 1. The number of H-pyrrole nitrogens is 1. The fourth-order valence-corrected chi connectivity index (χ4v) is 4.52. The summed E-state index contributed by atoms with van der Waals surface area (Å²) in [5.74, 6) is 1.02. The van der Waals surface area contributed by atoms with Gasteiger partial charge in [0.2, 0.25) is 0 Å². The summed E-state index contributed by atoms with van der Waals surface area (Å²) < 4.78 is 0. The Labute approximate surface area is 182 Å². The van der Waals surface area contributed by atoms with Gasteiger partial charge in [0.25, 0.3) is 5.91 Å². The number of amides is 1. The van der Waals surface area contributed by atoms with Crippen LogP contribution in [-0.2, 0) is 0 Å². The Morgan fingerprint density at radius 2 is 1.81 bits per heavy atom. The molecule has 1 amide bonds. The van der Waals surface area contributed by atoms with Gasteiger partial charge in [0.15, 0.2) is 0 Å². The van der Waals surface area contributed by atoms with Gasteiger partial charge in [0.1, 0.15) is 0 Å². The molecule has 1 saturated heterocycles. The van der Waals surface area contributed by atoms with Crippen LogP contribution in [0.5, 0.6) is 0 Å². The van der Waals surface area contributed by atoms with E-state index in [0.717, 1.165) is 33.6 Å². The van der Waals surface area contributed by atoms with Crippen molar-refractivity contribution in [1.82, 2.24) is 15.1 Å². The Kier molecular flexibility index (Phi) is 4.66. The maximum Gasteiger partial charge on any atom is 0.254 e. The van der Waals surface area contributed by atoms with Crippen molar-refractivity contribution in [3.63, 3.8) is 0 Å². The Hall–Kier alpha value is -3.39. The lowest BCUT2D eigenvalue weighted by Gasteiger charge is -2.40. The van der Waals surface area contributed by atoms with Gasteiger partial charge in [0.05, 0.1) is 23.0 Å². The van der Waals surface area contributed by atoms with Crippen LogP contribution in [0.3, 0.4) is 0 Å². The molecule has 2 aliphatic rings. The van der Waals surface area contributed by atoms with Gasteiger partial charge >= 0.3 is 0 Å². The lowest BCUT2D eigenvalue weighted by atomic mass is 9.88. The lowest BCUT2D eigenvalue weighted by Crippen LogP contribution is -2.48. The molecule has 0 bridgehead atoms. The monoisotopic (exact) mass is 410 g/mol. The number of aromatic nitrogens is 2. The molecule has 1 aliphatic carbocycles. The molecule has 5 rings (SSSR count). The van der Waals surface area contributed by atoms with E-state index in [1.165, 1.54) is 24.0 Å². The number of hydrogen-bond acceptors (Lipinski definition) is 3. The van der Waals surface area contributed by atoms with E-state index in [2.05, 4.69) is 35.3 Å². The molecule has 1 N–H and O–H groups in total. The molecule has 0 atom stereocenters. The molecular weight excluding hydrogens is 384 g/mol. The molecule has 156 valence electrons. The number of aryl methyl sites for hydroxylation is 2. The molecule has 5 heteroatoms. The number of carbonyl (C=O) groups is 1. The minimum atomic E-state index is 0.0971. The van der Waals surface area contributed by atoms with Crippen molar-refractivity contribution in [3.05, 3.63) is 75.5 Å². The Balaban J connectivity index is 1.41. The van der Waals surface area contributed by atoms with Crippen LogP contribution >= 0.6 is 0 Å². The van der Waals surface area contributed by atoms with Crippen molar-refractivity contribution in [1.29, 1.82) is 5.26 Å². The van der Waals surface area contributed by atoms with Gasteiger partial charge in [0, 0.05) is 30.1 Å². The van der Waals surface area contributed by atoms with Crippen LogP contribution in [0.4, 0.5) is 0 Å². The highest BCUT2D eigenvalue weighted by Gasteiger charge is 2.34. The molecule has 1 aromatic heterocycles.